The van der Waals surface area contributed by atoms with Crippen LogP contribution in [0, 0.1) is 0 Å². The Balaban J connectivity index is 1.69. The molecule has 1 heterocycles. The van der Waals surface area contributed by atoms with Crippen molar-refractivity contribution in [2.24, 2.45) is 10.7 Å². The monoisotopic (exact) mass is 361 g/mol. The molecule has 0 amide bonds. The molecule has 3 nitrogen and oxygen atoms in total. The normalized spacial score (nSPS) is 20.3. The Kier molecular flexibility index (Phi) is 4.74. The highest BCUT2D eigenvalue weighted by Gasteiger charge is 2.33. The molecule has 0 aromatic heterocycles. The summed E-state index contributed by atoms with van der Waals surface area (Å²) in [6.45, 7) is 0. The summed E-state index contributed by atoms with van der Waals surface area (Å²) in [6.07, 6.45) is 0. The predicted molar refractivity (Wildman–Crippen MR) is 107 cm³/mol. The van der Waals surface area contributed by atoms with Crippen molar-refractivity contribution in [1.29, 1.82) is 0 Å². The van der Waals surface area contributed by atoms with Crippen LogP contribution in [0.2, 0.25) is 5.02 Å². The molecule has 4 rings (SSSR count). The molecule has 0 bridgehead atoms. The van der Waals surface area contributed by atoms with Crippen LogP contribution >= 0.6 is 11.6 Å². The summed E-state index contributed by atoms with van der Waals surface area (Å²) in [7, 11) is 0. The molecule has 0 saturated carbocycles. The second-order valence-corrected chi connectivity index (χ2v) is 6.87. The van der Waals surface area contributed by atoms with Gasteiger partial charge in [0.05, 0.1) is 12.1 Å². The number of amidine groups is 1. The summed E-state index contributed by atoms with van der Waals surface area (Å²) >= 11 is 6.00. The van der Waals surface area contributed by atoms with Crippen molar-refractivity contribution in [3.8, 4) is 0 Å². The van der Waals surface area contributed by atoms with Crippen molar-refractivity contribution in [1.82, 2.24) is 5.32 Å². The summed E-state index contributed by atoms with van der Waals surface area (Å²) < 4.78 is 0. The highest BCUT2D eigenvalue weighted by Crippen LogP contribution is 2.37. The number of rotatable bonds is 4. The lowest BCUT2D eigenvalue weighted by atomic mass is 9.95. The molecule has 26 heavy (non-hydrogen) atoms. The molecule has 4 heteroatoms. The third kappa shape index (κ3) is 3.36. The Hall–Kier alpha value is -2.62. The Morgan fingerprint density at radius 2 is 1.38 bits per heavy atom. The molecule has 0 aliphatic carbocycles. The van der Waals surface area contributed by atoms with Gasteiger partial charge in [0.2, 0.25) is 0 Å². The molecule has 0 fully saturated rings. The summed E-state index contributed by atoms with van der Waals surface area (Å²) in [5.74, 6) is 0.801. The first kappa shape index (κ1) is 16.8. The Morgan fingerprint density at radius 3 is 2.00 bits per heavy atom. The number of nitrogens with two attached hydrogens (primary N) is 1. The van der Waals surface area contributed by atoms with Gasteiger partial charge in [-0.25, -0.2) is 0 Å². The number of hydrogen-bond acceptors (Lipinski definition) is 3. The molecular weight excluding hydrogens is 342 g/mol. The van der Waals surface area contributed by atoms with Gasteiger partial charge in [-0.2, -0.15) is 0 Å². The van der Waals surface area contributed by atoms with E-state index in [9.17, 15) is 0 Å². The van der Waals surface area contributed by atoms with E-state index in [1.54, 1.807) is 0 Å². The lowest BCUT2D eigenvalue weighted by Gasteiger charge is -2.20. The van der Waals surface area contributed by atoms with E-state index in [0.717, 1.165) is 11.4 Å². The van der Waals surface area contributed by atoms with Gasteiger partial charge in [0.25, 0.3) is 0 Å². The topological polar surface area (TPSA) is 50.4 Å². The van der Waals surface area contributed by atoms with Crippen LogP contribution in [0.25, 0.3) is 0 Å². The van der Waals surface area contributed by atoms with E-state index in [4.69, 9.17) is 22.3 Å². The van der Waals surface area contributed by atoms with Crippen LogP contribution < -0.4 is 11.1 Å². The van der Waals surface area contributed by atoms with Gasteiger partial charge >= 0.3 is 0 Å². The molecule has 3 aromatic carbocycles. The van der Waals surface area contributed by atoms with E-state index < -0.39 is 0 Å². The average molecular weight is 362 g/mol. The van der Waals surface area contributed by atoms with Crippen molar-refractivity contribution < 1.29 is 0 Å². The van der Waals surface area contributed by atoms with Crippen molar-refractivity contribution in [2.75, 3.05) is 0 Å². The van der Waals surface area contributed by atoms with Gasteiger partial charge in [0.15, 0.2) is 0 Å². The van der Waals surface area contributed by atoms with Gasteiger partial charge in [0, 0.05) is 5.02 Å². The van der Waals surface area contributed by atoms with Crippen LogP contribution in [-0.2, 0) is 0 Å². The minimum absolute atomic E-state index is 0.00745. The van der Waals surface area contributed by atoms with Crippen LogP contribution in [0.15, 0.2) is 89.9 Å². The van der Waals surface area contributed by atoms with Crippen molar-refractivity contribution >= 4 is 17.4 Å². The van der Waals surface area contributed by atoms with Gasteiger partial charge in [-0.05, 0) is 28.8 Å². The molecule has 3 atom stereocenters. The smallest absolute Gasteiger partial charge is 0.119 e. The summed E-state index contributed by atoms with van der Waals surface area (Å²) in [5, 5.41) is 4.26. The second kappa shape index (κ2) is 7.32. The van der Waals surface area contributed by atoms with Gasteiger partial charge in [-0.15, -0.1) is 0 Å². The molecule has 3 N–H and O–H groups in total. The zero-order valence-corrected chi connectivity index (χ0v) is 15.0. The number of halogens is 1. The van der Waals surface area contributed by atoms with E-state index in [1.807, 2.05) is 48.5 Å². The quantitative estimate of drug-likeness (QED) is 0.699. The van der Waals surface area contributed by atoms with Gasteiger partial charge < -0.3 is 11.1 Å². The maximum absolute atomic E-state index is 6.49. The number of nitrogens with zero attached hydrogens (tertiary/aromatic N) is 1. The van der Waals surface area contributed by atoms with Gasteiger partial charge in [-0.1, -0.05) is 84.4 Å². The average Bonchev–Trinajstić information content (AvgIpc) is 3.15. The molecule has 3 aromatic rings. The first-order valence-electron chi connectivity index (χ1n) is 8.67. The highest BCUT2D eigenvalue weighted by atomic mass is 35.5. The Bertz CT molecular complexity index is 892. The highest BCUT2D eigenvalue weighted by molar-refractivity contribution is 6.30. The minimum atomic E-state index is -0.313. The number of nitrogens with one attached hydrogen (secondary N) is 1. The van der Waals surface area contributed by atoms with Crippen LogP contribution in [0.3, 0.4) is 0 Å². The molecule has 1 aliphatic heterocycles. The fourth-order valence-electron chi connectivity index (χ4n) is 3.34. The first-order valence-corrected chi connectivity index (χ1v) is 9.05. The van der Waals surface area contributed by atoms with Crippen LogP contribution in [0.5, 0.6) is 0 Å². The van der Waals surface area contributed by atoms with E-state index in [1.165, 1.54) is 11.1 Å². The lowest BCUT2D eigenvalue weighted by Crippen LogP contribution is -2.33. The minimum Gasteiger partial charge on any atom is -0.363 e. The summed E-state index contributed by atoms with van der Waals surface area (Å²) in [5.41, 5.74) is 9.85. The lowest BCUT2D eigenvalue weighted by molar-refractivity contribution is 0.570. The predicted octanol–water partition coefficient (Wildman–Crippen LogP) is 4.82. The van der Waals surface area contributed by atoms with Gasteiger partial charge in [0.1, 0.15) is 11.9 Å². The third-order valence-corrected chi connectivity index (χ3v) is 4.97. The van der Waals surface area contributed by atoms with Crippen molar-refractivity contribution in [2.45, 2.75) is 18.1 Å². The standard InChI is InChI=1S/C22H20ClN3/c23-18-13-11-15(12-14-18)19(24)22-25-20(16-7-3-1-4-8-16)21(26-22)17-9-5-2-6-10-17/h1-14,19-21H,24H2,(H,25,26)/t19?,20-,21+. The van der Waals surface area contributed by atoms with E-state index in [0.29, 0.717) is 5.02 Å². The van der Waals surface area contributed by atoms with E-state index in [2.05, 4.69) is 41.7 Å². The van der Waals surface area contributed by atoms with Crippen molar-refractivity contribution in [3.63, 3.8) is 0 Å². The first-order chi connectivity index (χ1) is 12.7. The zero-order valence-electron chi connectivity index (χ0n) is 14.2. The third-order valence-electron chi connectivity index (χ3n) is 4.72. The van der Waals surface area contributed by atoms with Gasteiger partial charge in [-0.3, -0.25) is 4.99 Å². The summed E-state index contributed by atoms with van der Waals surface area (Å²) in [4.78, 5) is 4.96. The number of aliphatic imine (C=N–C) groups is 1. The van der Waals surface area contributed by atoms with Crippen LogP contribution in [0.4, 0.5) is 0 Å². The maximum atomic E-state index is 6.49. The molecular formula is C22H20ClN3. The number of hydrogen-bond donors (Lipinski definition) is 2. The van der Waals surface area contributed by atoms with Crippen LogP contribution in [-0.4, -0.2) is 5.84 Å². The van der Waals surface area contributed by atoms with E-state index >= 15 is 0 Å². The Labute approximate surface area is 158 Å². The molecule has 1 aliphatic rings. The molecule has 0 radical (unpaired) electrons. The molecule has 0 saturated heterocycles. The molecule has 0 spiro atoms. The van der Waals surface area contributed by atoms with E-state index in [-0.39, 0.29) is 18.1 Å². The maximum Gasteiger partial charge on any atom is 0.119 e. The largest absolute Gasteiger partial charge is 0.363 e. The fraction of sp³-hybridized carbons (Fsp3) is 0.136. The fourth-order valence-corrected chi connectivity index (χ4v) is 3.47. The molecule has 1 unspecified atom stereocenters. The number of benzene rings is 3. The Morgan fingerprint density at radius 1 is 0.808 bits per heavy atom. The summed E-state index contributed by atoms with van der Waals surface area (Å²) in [6, 6.07) is 28.1. The zero-order chi connectivity index (χ0) is 17.9. The second-order valence-electron chi connectivity index (χ2n) is 6.43. The SMILES string of the molecule is NC(C1=N[C@@H](c2ccccc2)[C@@H](c2ccccc2)N1)c1ccc(Cl)cc1. The molecule has 130 valence electrons. The van der Waals surface area contributed by atoms with Crippen molar-refractivity contribution in [3.05, 3.63) is 107 Å². The van der Waals surface area contributed by atoms with Crippen LogP contribution in [0.1, 0.15) is 34.8 Å².